The number of anilines is 1. The van der Waals surface area contributed by atoms with Crippen molar-refractivity contribution in [1.82, 2.24) is 9.71 Å². The van der Waals surface area contributed by atoms with Crippen LogP contribution < -0.4 is 14.4 Å². The van der Waals surface area contributed by atoms with Crippen LogP contribution in [0.15, 0.2) is 77.4 Å². The predicted molar refractivity (Wildman–Crippen MR) is 203 cm³/mol. The highest BCUT2D eigenvalue weighted by Crippen LogP contribution is 2.48. The van der Waals surface area contributed by atoms with Gasteiger partial charge in [-0.25, -0.2) is 4.21 Å². The van der Waals surface area contributed by atoms with Gasteiger partial charge in [-0.3, -0.25) is 19.3 Å². The largest absolute Gasteiger partial charge is 0.490 e. The van der Waals surface area contributed by atoms with Crippen LogP contribution in [0.1, 0.15) is 84.0 Å². The van der Waals surface area contributed by atoms with Crippen molar-refractivity contribution < 1.29 is 23.3 Å². The molecule has 10 heteroatoms. The Morgan fingerprint density at radius 2 is 2.04 bits per heavy atom. The number of rotatable bonds is 4. The lowest BCUT2D eigenvalue weighted by Gasteiger charge is -2.46. The van der Waals surface area contributed by atoms with Crippen LogP contribution in [0.4, 0.5) is 5.69 Å². The Morgan fingerprint density at radius 1 is 1.15 bits per heavy atom. The van der Waals surface area contributed by atoms with E-state index in [0.717, 1.165) is 62.2 Å². The smallest absolute Gasteiger partial charge is 0.286 e. The summed E-state index contributed by atoms with van der Waals surface area (Å²) in [5.74, 6) is 0.226. The number of carbonyl (C=O) groups excluding carboxylic acids is 2. The molecule has 2 amide bonds. The summed E-state index contributed by atoms with van der Waals surface area (Å²) in [6.07, 6.45) is 14.4. The number of aromatic nitrogens is 1. The molecule has 9 nitrogen and oxygen atoms in total. The Balaban J connectivity index is 1.16. The molecule has 5 aliphatic rings. The number of hydrogen-bond acceptors (Lipinski definition) is 7. The van der Waals surface area contributed by atoms with Gasteiger partial charge in [0.15, 0.2) is 0 Å². The van der Waals surface area contributed by atoms with Crippen LogP contribution in [0.25, 0.3) is 0 Å². The lowest BCUT2D eigenvalue weighted by atomic mass is 9.68. The van der Waals surface area contributed by atoms with Gasteiger partial charge in [-0.05, 0) is 116 Å². The van der Waals surface area contributed by atoms with Crippen LogP contribution in [0, 0.1) is 30.6 Å². The number of nitrogens with zero attached hydrogens (tertiary/aromatic N) is 3. The van der Waals surface area contributed by atoms with Gasteiger partial charge >= 0.3 is 0 Å². The van der Waals surface area contributed by atoms with Gasteiger partial charge < -0.3 is 14.4 Å². The van der Waals surface area contributed by atoms with Gasteiger partial charge in [-0.15, -0.1) is 4.36 Å². The molecule has 1 N–H and O–H groups in total. The normalized spacial score (nSPS) is 33.3. The highest BCUT2D eigenvalue weighted by molar-refractivity contribution is 7.92. The number of benzene rings is 2. The van der Waals surface area contributed by atoms with E-state index in [4.69, 9.17) is 9.47 Å². The highest BCUT2D eigenvalue weighted by Gasteiger charge is 2.46. The van der Waals surface area contributed by atoms with Crippen LogP contribution in [-0.4, -0.2) is 59.7 Å². The van der Waals surface area contributed by atoms with E-state index in [-0.39, 0.29) is 40.9 Å². The van der Waals surface area contributed by atoms with E-state index < -0.39 is 15.8 Å². The summed E-state index contributed by atoms with van der Waals surface area (Å²) in [4.78, 5) is 34.3. The Labute approximate surface area is 307 Å². The number of aryl methyl sites for hydroxylation is 2. The van der Waals surface area contributed by atoms with Crippen molar-refractivity contribution in [3.8, 4) is 5.75 Å². The van der Waals surface area contributed by atoms with Crippen LogP contribution in [0.5, 0.6) is 5.75 Å². The van der Waals surface area contributed by atoms with Crippen molar-refractivity contribution in [2.45, 2.75) is 76.2 Å². The number of hydrogen-bond donors (Lipinski definition) is 1. The van der Waals surface area contributed by atoms with Crippen LogP contribution in [0.2, 0.25) is 0 Å². The van der Waals surface area contributed by atoms with Crippen molar-refractivity contribution in [2.24, 2.45) is 28.0 Å². The Bertz CT molecular complexity index is 2010. The topological polar surface area (TPSA) is 110 Å². The molecule has 1 aromatic heterocycles. The fraction of sp³-hybridized carbons (Fsp3) is 0.500. The first-order valence-electron chi connectivity index (χ1n) is 19.0. The van der Waals surface area contributed by atoms with E-state index in [1.54, 1.807) is 25.6 Å². The third-order valence-corrected chi connectivity index (χ3v) is 14.2. The summed E-state index contributed by atoms with van der Waals surface area (Å²) in [5.41, 5.74) is 6.03. The lowest BCUT2D eigenvalue weighted by Crippen LogP contribution is -2.49. The molecule has 8 rings (SSSR count). The molecule has 2 saturated carbocycles. The molecule has 274 valence electrons. The molecular weight excluding hydrogens is 673 g/mol. The van der Waals surface area contributed by atoms with E-state index in [1.165, 1.54) is 16.7 Å². The van der Waals surface area contributed by atoms with Crippen molar-refractivity contribution in [1.29, 1.82) is 0 Å². The quantitative estimate of drug-likeness (QED) is 0.291. The maximum absolute atomic E-state index is 14.6. The standard InChI is InChI=1S/C42H50N4O5S/c1-27-11-15-36-29(19-27)8-5-17-42(36)25-46-23-32-12-14-33(32)38(50-3)10-4-7-28(2)24-52(49,44-40(47)30-13-16-39(51-26-42)37(46)20-30)45-41(48)35-21-34(35)31-9-6-18-43-22-31/h4,6,9-11,13,15-16,18-20,22,28,32-35,38H,5,7-8,12,14,17,21,23-26H2,1-3H3,(H,44,45,47,48,49)/b10-4+/t28-,32-,33+,34+,35-,38-,42-,52?/m0/s1. The van der Waals surface area contributed by atoms with Crippen LogP contribution in [0.3, 0.4) is 0 Å². The van der Waals surface area contributed by atoms with Crippen LogP contribution in [-0.2, 0) is 31.3 Å². The Morgan fingerprint density at radius 3 is 2.83 bits per heavy atom. The molecule has 3 aromatic rings. The minimum absolute atomic E-state index is 0.0132. The molecule has 0 saturated heterocycles. The second-order valence-electron chi connectivity index (χ2n) is 16.0. The van der Waals surface area contributed by atoms with Gasteiger partial charge in [0.25, 0.3) is 5.91 Å². The number of fused-ring (bicyclic) bond motifs is 4. The fourth-order valence-corrected chi connectivity index (χ4v) is 11.2. The van der Waals surface area contributed by atoms with Gasteiger partial charge in [0.2, 0.25) is 5.91 Å². The third-order valence-electron chi connectivity index (χ3n) is 12.2. The number of carbonyl (C=O) groups is 2. The molecule has 2 bridgehead atoms. The Hall–Kier alpha value is -4.02. The van der Waals surface area contributed by atoms with E-state index in [9.17, 15) is 13.8 Å². The number of ether oxygens (including phenoxy) is 2. The SMILES string of the molecule is CO[C@H]1/C=C/C[C@H](C)CS(=O)(NC(=O)[C@H]2C[C@@H]2c2cccnc2)=NC(=O)c2ccc3c(c2)N(C[C@@H]2CC[C@H]21)C[C@@]1(CCCc2cc(C)ccc21)CO3. The van der Waals surface area contributed by atoms with E-state index in [2.05, 4.69) is 56.2 Å². The van der Waals surface area contributed by atoms with Crippen molar-refractivity contribution >= 4 is 27.4 Å². The number of pyridine rings is 1. The first-order valence-corrected chi connectivity index (χ1v) is 20.6. The number of nitrogens with one attached hydrogen (secondary N) is 1. The molecule has 2 aliphatic heterocycles. The summed E-state index contributed by atoms with van der Waals surface area (Å²) in [7, 11) is -1.67. The van der Waals surface area contributed by atoms with E-state index in [0.29, 0.717) is 36.8 Å². The van der Waals surface area contributed by atoms with Gasteiger partial charge in [-0.2, -0.15) is 0 Å². The number of allylic oxidation sites excluding steroid dienone is 1. The molecule has 3 aliphatic carbocycles. The minimum Gasteiger partial charge on any atom is -0.490 e. The van der Waals surface area contributed by atoms with Gasteiger partial charge in [-0.1, -0.05) is 48.9 Å². The molecule has 2 aromatic carbocycles. The fourth-order valence-electron chi connectivity index (χ4n) is 9.21. The average molecular weight is 723 g/mol. The maximum Gasteiger partial charge on any atom is 0.286 e. The van der Waals surface area contributed by atoms with Crippen molar-refractivity contribution in [3.05, 3.63) is 101 Å². The minimum atomic E-state index is -3.45. The molecule has 3 heterocycles. The van der Waals surface area contributed by atoms with Gasteiger partial charge in [0.1, 0.15) is 15.7 Å². The summed E-state index contributed by atoms with van der Waals surface area (Å²) < 4.78 is 34.5. The lowest BCUT2D eigenvalue weighted by molar-refractivity contribution is -0.120. The predicted octanol–water partition coefficient (Wildman–Crippen LogP) is 6.94. The molecule has 0 radical (unpaired) electrons. The molecule has 2 fully saturated rings. The van der Waals surface area contributed by atoms with Crippen LogP contribution >= 0.6 is 0 Å². The molecule has 1 unspecified atom stereocenters. The first-order chi connectivity index (χ1) is 25.1. The zero-order valence-electron chi connectivity index (χ0n) is 30.5. The zero-order valence-corrected chi connectivity index (χ0v) is 31.3. The average Bonchev–Trinajstić information content (AvgIpc) is 3.94. The monoisotopic (exact) mass is 722 g/mol. The van der Waals surface area contributed by atoms with E-state index in [1.807, 2.05) is 31.2 Å². The van der Waals surface area contributed by atoms with Gasteiger partial charge in [0.05, 0.1) is 24.2 Å². The molecule has 1 spiro atoms. The van der Waals surface area contributed by atoms with Gasteiger partial charge in [0, 0.05) is 49.5 Å². The van der Waals surface area contributed by atoms with Crippen molar-refractivity contribution in [3.63, 3.8) is 0 Å². The number of amides is 2. The molecule has 52 heavy (non-hydrogen) atoms. The summed E-state index contributed by atoms with van der Waals surface area (Å²) in [5, 5.41) is 0. The summed E-state index contributed by atoms with van der Waals surface area (Å²) in [6, 6.07) is 16.1. The molecular formula is C42H50N4O5S. The third kappa shape index (κ3) is 6.92. The molecule has 8 atom stereocenters. The first kappa shape index (κ1) is 35.0. The van der Waals surface area contributed by atoms with Crippen molar-refractivity contribution in [2.75, 3.05) is 37.5 Å². The van der Waals surface area contributed by atoms with E-state index >= 15 is 0 Å². The summed E-state index contributed by atoms with van der Waals surface area (Å²) >= 11 is 0. The highest BCUT2D eigenvalue weighted by atomic mass is 32.2. The Kier molecular flexibility index (Phi) is 9.49. The number of methoxy groups -OCH3 is 1. The maximum atomic E-state index is 14.6. The summed E-state index contributed by atoms with van der Waals surface area (Å²) in [6.45, 7) is 6.28. The second kappa shape index (κ2) is 14.1. The zero-order chi connectivity index (χ0) is 36.0. The second-order valence-corrected chi connectivity index (χ2v) is 18.0.